The van der Waals surface area contributed by atoms with Crippen molar-refractivity contribution < 1.29 is 22.8 Å². The number of carbonyl (C=O) groups is 3. The predicted octanol–water partition coefficient (Wildman–Crippen LogP) is 3.33. The first-order valence-corrected chi connectivity index (χ1v) is 12.8. The molecule has 1 atom stereocenters. The van der Waals surface area contributed by atoms with Gasteiger partial charge < -0.3 is 10.2 Å². The minimum Gasteiger partial charge on any atom is -0.354 e. The predicted molar refractivity (Wildman–Crippen MR) is 129 cm³/mol. The minimum absolute atomic E-state index is 0.00493. The van der Waals surface area contributed by atoms with Crippen LogP contribution in [0.3, 0.4) is 0 Å². The van der Waals surface area contributed by atoms with Crippen LogP contribution in [0.5, 0.6) is 0 Å². The quantitative estimate of drug-likeness (QED) is 0.569. The third kappa shape index (κ3) is 5.37. The Labute approximate surface area is 208 Å². The molecule has 1 aliphatic heterocycles. The standard InChI is InChI=1S/C23H25Cl2N3O5S/c1-14(2)11-26-22(30)15(3)27(12-16-8-9-17(24)10-19(16)25)21(29)13-28-23(31)18-6-4-5-7-20(18)34(28,32)33/h4-10,14-15H,11-13H2,1-3H3,(H,26,30)/t15-/m1/s1. The highest BCUT2D eigenvalue weighted by molar-refractivity contribution is 7.90. The van der Waals surface area contributed by atoms with Crippen molar-refractivity contribution >= 4 is 50.9 Å². The summed E-state index contributed by atoms with van der Waals surface area (Å²) in [6, 6.07) is 9.54. The number of fused-ring (bicyclic) bond motifs is 1. The Kier molecular flexibility index (Phi) is 7.90. The van der Waals surface area contributed by atoms with Gasteiger partial charge in [-0.05, 0) is 42.7 Å². The monoisotopic (exact) mass is 525 g/mol. The first kappa shape index (κ1) is 26.0. The van der Waals surface area contributed by atoms with E-state index < -0.39 is 40.3 Å². The summed E-state index contributed by atoms with van der Waals surface area (Å²) in [5, 5.41) is 3.47. The van der Waals surface area contributed by atoms with E-state index in [-0.39, 0.29) is 27.9 Å². The molecule has 11 heteroatoms. The Morgan fingerprint density at radius 3 is 2.38 bits per heavy atom. The zero-order valence-corrected chi connectivity index (χ0v) is 21.2. The number of hydrogen-bond donors (Lipinski definition) is 1. The van der Waals surface area contributed by atoms with E-state index in [1.807, 2.05) is 13.8 Å². The van der Waals surface area contributed by atoms with Crippen LogP contribution in [0.25, 0.3) is 0 Å². The molecule has 1 N–H and O–H groups in total. The van der Waals surface area contributed by atoms with Crippen molar-refractivity contribution in [2.75, 3.05) is 13.1 Å². The first-order valence-electron chi connectivity index (χ1n) is 10.6. The number of nitrogens with zero attached hydrogens (tertiary/aromatic N) is 2. The second kappa shape index (κ2) is 10.3. The van der Waals surface area contributed by atoms with Crippen LogP contribution < -0.4 is 5.32 Å². The lowest BCUT2D eigenvalue weighted by atomic mass is 10.1. The van der Waals surface area contributed by atoms with E-state index >= 15 is 0 Å². The van der Waals surface area contributed by atoms with Crippen LogP contribution >= 0.6 is 23.2 Å². The first-order chi connectivity index (χ1) is 15.9. The molecular weight excluding hydrogens is 501 g/mol. The van der Waals surface area contributed by atoms with Gasteiger partial charge in [-0.25, -0.2) is 12.7 Å². The number of amides is 3. The average molecular weight is 526 g/mol. The Balaban J connectivity index is 1.90. The molecule has 2 aromatic rings. The molecule has 8 nitrogen and oxygen atoms in total. The van der Waals surface area contributed by atoms with Crippen molar-refractivity contribution in [1.82, 2.24) is 14.5 Å². The highest BCUT2D eigenvalue weighted by Crippen LogP contribution is 2.30. The molecule has 1 heterocycles. The summed E-state index contributed by atoms with van der Waals surface area (Å²) >= 11 is 12.2. The molecule has 0 saturated carbocycles. The van der Waals surface area contributed by atoms with Crippen LogP contribution in [0.1, 0.15) is 36.7 Å². The van der Waals surface area contributed by atoms with Gasteiger partial charge in [-0.3, -0.25) is 14.4 Å². The molecule has 3 amide bonds. The second-order valence-electron chi connectivity index (χ2n) is 8.39. The van der Waals surface area contributed by atoms with E-state index in [2.05, 4.69) is 5.32 Å². The van der Waals surface area contributed by atoms with Crippen molar-refractivity contribution in [1.29, 1.82) is 0 Å². The molecule has 0 aliphatic carbocycles. The zero-order valence-electron chi connectivity index (χ0n) is 18.9. The molecule has 34 heavy (non-hydrogen) atoms. The third-order valence-corrected chi connectivity index (χ3v) is 7.77. The number of sulfonamides is 1. The number of carbonyl (C=O) groups excluding carboxylic acids is 3. The van der Waals surface area contributed by atoms with Crippen molar-refractivity contribution in [2.24, 2.45) is 5.92 Å². The van der Waals surface area contributed by atoms with Crippen molar-refractivity contribution in [3.63, 3.8) is 0 Å². The lowest BCUT2D eigenvalue weighted by Crippen LogP contribution is -2.51. The molecule has 0 fully saturated rings. The van der Waals surface area contributed by atoms with Gasteiger partial charge in [-0.1, -0.05) is 55.2 Å². The van der Waals surface area contributed by atoms with Crippen LogP contribution in [-0.4, -0.2) is 54.5 Å². The largest absolute Gasteiger partial charge is 0.354 e. The average Bonchev–Trinajstić information content (AvgIpc) is 2.97. The summed E-state index contributed by atoms with van der Waals surface area (Å²) in [7, 11) is -4.19. The summed E-state index contributed by atoms with van der Waals surface area (Å²) in [5.74, 6) is -1.73. The van der Waals surface area contributed by atoms with Gasteiger partial charge >= 0.3 is 0 Å². The third-order valence-electron chi connectivity index (χ3n) is 5.40. The number of hydrogen-bond acceptors (Lipinski definition) is 5. The molecule has 0 spiro atoms. The van der Waals surface area contributed by atoms with E-state index in [9.17, 15) is 22.8 Å². The topological polar surface area (TPSA) is 104 Å². The van der Waals surface area contributed by atoms with Crippen LogP contribution in [0.15, 0.2) is 47.4 Å². The Morgan fingerprint density at radius 1 is 1.09 bits per heavy atom. The maximum absolute atomic E-state index is 13.4. The number of rotatable bonds is 8. The van der Waals surface area contributed by atoms with Crippen LogP contribution in [0.2, 0.25) is 10.0 Å². The van der Waals surface area contributed by atoms with Crippen LogP contribution in [0, 0.1) is 5.92 Å². The van der Waals surface area contributed by atoms with Gasteiger partial charge in [0.2, 0.25) is 11.8 Å². The highest BCUT2D eigenvalue weighted by atomic mass is 35.5. The van der Waals surface area contributed by atoms with E-state index in [0.717, 1.165) is 0 Å². The molecule has 2 aromatic carbocycles. The summed E-state index contributed by atoms with van der Waals surface area (Å²) in [6.45, 7) is 4.97. The van der Waals surface area contributed by atoms with Crippen molar-refractivity contribution in [3.8, 4) is 0 Å². The van der Waals surface area contributed by atoms with Gasteiger partial charge in [-0.2, -0.15) is 0 Å². The Morgan fingerprint density at radius 2 is 1.76 bits per heavy atom. The molecule has 182 valence electrons. The lowest BCUT2D eigenvalue weighted by Gasteiger charge is -2.30. The van der Waals surface area contributed by atoms with Gasteiger partial charge in [0.25, 0.3) is 15.9 Å². The molecular formula is C23H25Cl2N3O5S. The minimum atomic E-state index is -4.19. The Bertz CT molecular complexity index is 1230. The highest BCUT2D eigenvalue weighted by Gasteiger charge is 2.43. The van der Waals surface area contributed by atoms with Gasteiger partial charge in [0.15, 0.2) is 0 Å². The second-order valence-corrected chi connectivity index (χ2v) is 11.1. The van der Waals surface area contributed by atoms with Crippen molar-refractivity contribution in [3.05, 3.63) is 63.6 Å². The molecule has 0 radical (unpaired) electrons. The van der Waals surface area contributed by atoms with Gasteiger partial charge in [0.1, 0.15) is 17.5 Å². The number of nitrogens with one attached hydrogen (secondary N) is 1. The molecule has 0 saturated heterocycles. The molecule has 0 aromatic heterocycles. The smallest absolute Gasteiger partial charge is 0.269 e. The van der Waals surface area contributed by atoms with Crippen LogP contribution in [-0.2, 0) is 26.2 Å². The summed E-state index contributed by atoms with van der Waals surface area (Å²) in [6.07, 6.45) is 0. The van der Waals surface area contributed by atoms with E-state index in [1.54, 1.807) is 18.2 Å². The van der Waals surface area contributed by atoms with Crippen molar-refractivity contribution in [2.45, 2.75) is 38.3 Å². The summed E-state index contributed by atoms with van der Waals surface area (Å²) < 4.78 is 26.3. The van der Waals surface area contributed by atoms with E-state index in [4.69, 9.17) is 23.2 Å². The van der Waals surface area contributed by atoms with E-state index in [1.165, 1.54) is 36.1 Å². The van der Waals surface area contributed by atoms with Crippen LogP contribution in [0.4, 0.5) is 0 Å². The molecule has 0 bridgehead atoms. The number of halogens is 2. The van der Waals surface area contributed by atoms with Gasteiger partial charge in [0, 0.05) is 23.1 Å². The summed E-state index contributed by atoms with van der Waals surface area (Å²) in [5.41, 5.74) is 0.520. The normalized spacial score (nSPS) is 15.2. The summed E-state index contributed by atoms with van der Waals surface area (Å²) in [4.78, 5) is 40.0. The van der Waals surface area contributed by atoms with Gasteiger partial charge in [-0.15, -0.1) is 0 Å². The fraction of sp³-hybridized carbons (Fsp3) is 0.348. The maximum Gasteiger partial charge on any atom is 0.269 e. The fourth-order valence-electron chi connectivity index (χ4n) is 3.47. The fourth-order valence-corrected chi connectivity index (χ4v) is 5.46. The van der Waals surface area contributed by atoms with Gasteiger partial charge in [0.05, 0.1) is 5.56 Å². The van der Waals surface area contributed by atoms with E-state index in [0.29, 0.717) is 21.4 Å². The molecule has 3 rings (SSSR count). The molecule has 1 aliphatic rings. The molecule has 0 unspecified atom stereocenters. The SMILES string of the molecule is CC(C)CNC(=O)[C@@H](C)N(Cc1ccc(Cl)cc1Cl)C(=O)CN1C(=O)c2ccccc2S1(=O)=O. The zero-order chi connectivity index (χ0) is 25.2. The maximum atomic E-state index is 13.4. The number of benzene rings is 2. The lowest BCUT2D eigenvalue weighted by molar-refractivity contribution is -0.140. The Hall–Kier alpha value is -2.62.